The second-order valence-electron chi connectivity index (χ2n) is 14.3. The number of aliphatic hydroxyl groups excluding tert-OH is 2. The number of ether oxygens (including phenoxy) is 3. The van der Waals surface area contributed by atoms with E-state index in [0.29, 0.717) is 38.8 Å². The van der Waals surface area contributed by atoms with Crippen LogP contribution in [-0.4, -0.2) is 117 Å². The quantitative estimate of drug-likeness (QED) is 0.152. The highest BCUT2D eigenvalue weighted by molar-refractivity contribution is 5.70. The van der Waals surface area contributed by atoms with Gasteiger partial charge in [-0.2, -0.15) is 0 Å². The fourth-order valence-electron chi connectivity index (χ4n) is 6.40. The molecular weight excluding hydrogens is 604 g/mol. The molecule has 0 saturated carbocycles. The summed E-state index contributed by atoms with van der Waals surface area (Å²) in [7, 11) is 0. The molecule has 0 aromatic carbocycles. The molecule has 11 heteroatoms. The predicted molar refractivity (Wildman–Crippen MR) is 179 cm³/mol. The first-order chi connectivity index (χ1) is 22.1. The number of aliphatic hydroxyl groups is 4. The van der Waals surface area contributed by atoms with Crippen LogP contribution >= 0.6 is 0 Å². The Labute approximate surface area is 281 Å². The average Bonchev–Trinajstić information content (AvgIpc) is 3.81. The van der Waals surface area contributed by atoms with Crippen LogP contribution in [0.1, 0.15) is 99.8 Å². The van der Waals surface area contributed by atoms with Crippen molar-refractivity contribution >= 4 is 12.1 Å². The average molecular weight is 665 g/mol. The van der Waals surface area contributed by atoms with Crippen molar-refractivity contribution in [3.63, 3.8) is 0 Å². The highest BCUT2D eigenvalue weighted by atomic mass is 16.6. The van der Waals surface area contributed by atoms with Crippen molar-refractivity contribution in [1.82, 2.24) is 9.80 Å². The monoisotopic (exact) mass is 664 g/mol. The van der Waals surface area contributed by atoms with E-state index < -0.39 is 47.7 Å². The van der Waals surface area contributed by atoms with Crippen molar-refractivity contribution in [3.05, 3.63) is 35.1 Å². The summed E-state index contributed by atoms with van der Waals surface area (Å²) in [6.07, 6.45) is 4.37. The second kappa shape index (κ2) is 17.3. The fourth-order valence-corrected chi connectivity index (χ4v) is 6.40. The zero-order valence-electron chi connectivity index (χ0n) is 29.6. The minimum atomic E-state index is -1.48. The Morgan fingerprint density at radius 2 is 1.91 bits per heavy atom. The van der Waals surface area contributed by atoms with E-state index in [1.807, 2.05) is 39.8 Å². The number of carbonyl (C=O) groups is 2. The summed E-state index contributed by atoms with van der Waals surface area (Å²) in [5, 5.41) is 43.2. The zero-order chi connectivity index (χ0) is 34.9. The maximum absolute atomic E-state index is 13.3. The smallest absolute Gasteiger partial charge is 0.410 e. The van der Waals surface area contributed by atoms with Gasteiger partial charge >= 0.3 is 12.1 Å². The maximum Gasteiger partial charge on any atom is 0.410 e. The number of carbonyl (C=O) groups excluding carboxylic acids is 2. The Hall–Kier alpha value is -2.44. The Kier molecular flexibility index (Phi) is 14.3. The number of allylic oxidation sites excluding steroid dienone is 1. The van der Waals surface area contributed by atoms with Gasteiger partial charge in [-0.15, -0.1) is 0 Å². The molecule has 2 fully saturated rings. The Balaban J connectivity index is 1.72. The first-order valence-electron chi connectivity index (χ1n) is 17.5. The molecule has 0 radical (unpaired) electrons. The number of rotatable bonds is 10. The molecule has 4 N–H and O–H groups in total. The SMILES string of the molecule is CCC(O)C(C)=C1OC1CC(C)(O)CC/C=C(\C)C1OC(=O)CC(O)CCC(C)(O)C(OC(=O)N2CCCN(CC)CC2)/C=C/C1C. The summed E-state index contributed by atoms with van der Waals surface area (Å²) in [5.74, 6) is -0.129. The van der Waals surface area contributed by atoms with Crippen LogP contribution in [0, 0.1) is 5.92 Å². The molecule has 268 valence electrons. The molecule has 0 aliphatic carbocycles. The van der Waals surface area contributed by atoms with E-state index in [-0.39, 0.29) is 31.3 Å². The Bertz CT molecular complexity index is 1150. The van der Waals surface area contributed by atoms with Gasteiger partial charge in [0.15, 0.2) is 12.2 Å². The molecule has 0 spiro atoms. The molecule has 47 heavy (non-hydrogen) atoms. The molecule has 0 aromatic heterocycles. The third-order valence-corrected chi connectivity index (χ3v) is 9.85. The standard InChI is InChI=1S/C36H60N2O9/c1-8-28(40)26(5)33-29(45-33)23-35(6,43)16-10-12-24(3)32-25(4)13-14-30(36(7,44)17-15-27(39)22-31(41)47-32)46-34(42)38-19-11-18-37(9-2)20-21-38/h12-14,25,27-30,32,39-40,43-44H,8-11,15-23H2,1-7H3/b14-13+,24-12+,33-26?. The molecular formula is C36H60N2O9. The molecule has 1 amide bonds. The number of hydrogen-bond donors (Lipinski definition) is 4. The van der Waals surface area contributed by atoms with Crippen LogP contribution in [0.5, 0.6) is 0 Å². The lowest BCUT2D eigenvalue weighted by Crippen LogP contribution is -2.45. The third kappa shape index (κ3) is 11.9. The van der Waals surface area contributed by atoms with Crippen LogP contribution < -0.4 is 0 Å². The minimum Gasteiger partial charge on any atom is -0.483 e. The van der Waals surface area contributed by atoms with E-state index in [2.05, 4.69) is 11.8 Å². The summed E-state index contributed by atoms with van der Waals surface area (Å²) < 4.78 is 17.5. The number of epoxide rings is 1. The van der Waals surface area contributed by atoms with E-state index >= 15 is 0 Å². The second-order valence-corrected chi connectivity index (χ2v) is 14.3. The number of likely N-dealkylation sites (N-methyl/N-ethyl adjacent to an activating group) is 1. The lowest BCUT2D eigenvalue weighted by Gasteiger charge is -2.34. The molecule has 3 rings (SSSR count). The van der Waals surface area contributed by atoms with Gasteiger partial charge < -0.3 is 44.4 Å². The van der Waals surface area contributed by atoms with Crippen molar-refractivity contribution in [1.29, 1.82) is 0 Å². The summed E-state index contributed by atoms with van der Waals surface area (Å²) >= 11 is 0. The van der Waals surface area contributed by atoms with E-state index in [4.69, 9.17) is 14.2 Å². The van der Waals surface area contributed by atoms with Crippen molar-refractivity contribution < 1.29 is 44.2 Å². The summed E-state index contributed by atoms with van der Waals surface area (Å²) in [6.45, 7) is 16.7. The lowest BCUT2D eigenvalue weighted by molar-refractivity contribution is -0.151. The van der Waals surface area contributed by atoms with Crippen LogP contribution in [0.2, 0.25) is 0 Å². The van der Waals surface area contributed by atoms with Crippen LogP contribution in [0.4, 0.5) is 4.79 Å². The third-order valence-electron chi connectivity index (χ3n) is 9.85. The van der Waals surface area contributed by atoms with E-state index in [1.165, 1.54) is 0 Å². The van der Waals surface area contributed by atoms with Gasteiger partial charge in [0.2, 0.25) is 0 Å². The molecule has 3 aliphatic heterocycles. The molecule has 0 aromatic rings. The molecule has 8 unspecified atom stereocenters. The van der Waals surface area contributed by atoms with Gasteiger partial charge in [-0.3, -0.25) is 4.79 Å². The number of nitrogens with zero attached hydrogens (tertiary/aromatic N) is 2. The van der Waals surface area contributed by atoms with Crippen molar-refractivity contribution in [2.24, 2.45) is 5.92 Å². The number of hydrogen-bond acceptors (Lipinski definition) is 10. The van der Waals surface area contributed by atoms with Crippen LogP contribution in [0.25, 0.3) is 0 Å². The highest BCUT2D eigenvalue weighted by Gasteiger charge is 2.41. The summed E-state index contributed by atoms with van der Waals surface area (Å²) in [5.41, 5.74) is -0.890. The molecule has 8 atom stereocenters. The molecule has 0 bridgehead atoms. The predicted octanol–water partition coefficient (Wildman–Crippen LogP) is 4.23. The van der Waals surface area contributed by atoms with E-state index in [1.54, 1.807) is 24.8 Å². The summed E-state index contributed by atoms with van der Waals surface area (Å²) in [6, 6.07) is 0. The number of amides is 1. The minimum absolute atomic E-state index is 0.117. The highest BCUT2D eigenvalue weighted by Crippen LogP contribution is 2.39. The van der Waals surface area contributed by atoms with Crippen molar-refractivity contribution in [2.75, 3.05) is 32.7 Å². The topological polar surface area (TPSA) is 153 Å². The van der Waals surface area contributed by atoms with Gasteiger partial charge in [0.05, 0.1) is 24.2 Å². The number of cyclic esters (lactones) is 1. The first kappa shape index (κ1) is 39.0. The van der Waals surface area contributed by atoms with Crippen LogP contribution in [0.3, 0.4) is 0 Å². The number of esters is 1. The molecule has 3 heterocycles. The molecule has 3 aliphatic rings. The zero-order valence-corrected chi connectivity index (χ0v) is 29.6. The first-order valence-corrected chi connectivity index (χ1v) is 17.5. The van der Waals surface area contributed by atoms with Gasteiger partial charge in [-0.05, 0) is 96.5 Å². The largest absolute Gasteiger partial charge is 0.483 e. The molecule has 11 nitrogen and oxygen atoms in total. The van der Waals surface area contributed by atoms with Crippen LogP contribution in [-0.2, 0) is 19.0 Å². The Morgan fingerprint density at radius 1 is 1.19 bits per heavy atom. The van der Waals surface area contributed by atoms with Crippen molar-refractivity contribution in [3.8, 4) is 0 Å². The normalized spacial score (nSPS) is 33.6. The maximum atomic E-state index is 13.3. The van der Waals surface area contributed by atoms with Gasteiger partial charge in [-0.1, -0.05) is 32.9 Å². The molecule has 2 saturated heterocycles. The van der Waals surface area contributed by atoms with Gasteiger partial charge in [0.25, 0.3) is 0 Å². The Morgan fingerprint density at radius 3 is 2.60 bits per heavy atom. The van der Waals surface area contributed by atoms with Gasteiger partial charge in [-0.25, -0.2) is 4.79 Å². The summed E-state index contributed by atoms with van der Waals surface area (Å²) in [4.78, 5) is 30.1. The van der Waals surface area contributed by atoms with Crippen molar-refractivity contribution in [2.45, 2.75) is 142 Å². The fraction of sp³-hybridized carbons (Fsp3) is 0.778. The lowest BCUT2D eigenvalue weighted by atomic mass is 9.88. The van der Waals surface area contributed by atoms with Gasteiger partial charge in [0, 0.05) is 32.0 Å². The van der Waals surface area contributed by atoms with Crippen LogP contribution in [0.15, 0.2) is 35.1 Å². The van der Waals surface area contributed by atoms with Gasteiger partial charge in [0.1, 0.15) is 17.5 Å². The van der Waals surface area contributed by atoms with E-state index in [0.717, 1.165) is 43.0 Å². The van der Waals surface area contributed by atoms with E-state index in [9.17, 15) is 30.0 Å².